The molecule has 3 rings (SSSR count). The molecule has 0 unspecified atom stereocenters. The van der Waals surface area contributed by atoms with Crippen LogP contribution in [-0.4, -0.2) is 29.2 Å². The molecule has 0 saturated heterocycles. The van der Waals surface area contributed by atoms with E-state index in [1.54, 1.807) is 12.1 Å². The van der Waals surface area contributed by atoms with E-state index in [9.17, 15) is 0 Å². The molecule has 2 heterocycles. The molecule has 1 aromatic carbocycles. The van der Waals surface area contributed by atoms with Gasteiger partial charge in [0, 0.05) is 26.6 Å². The van der Waals surface area contributed by atoms with Crippen LogP contribution in [0.3, 0.4) is 0 Å². The molecule has 0 saturated carbocycles. The molecule has 6 nitrogen and oxygen atoms in total. The molecule has 9 heteroatoms. The molecular formula is C18H22Cl2N4O2Si. The third-order valence-corrected chi connectivity index (χ3v) is 6.16. The summed E-state index contributed by atoms with van der Waals surface area (Å²) >= 11 is 12.3. The van der Waals surface area contributed by atoms with Crippen molar-refractivity contribution >= 4 is 48.1 Å². The molecule has 144 valence electrons. The van der Waals surface area contributed by atoms with Crippen LogP contribution in [0.2, 0.25) is 35.7 Å². The molecule has 3 aromatic rings. The molecule has 0 aliphatic carbocycles. The summed E-state index contributed by atoms with van der Waals surface area (Å²) in [4.78, 5) is 8.90. The zero-order chi connectivity index (χ0) is 19.6. The lowest BCUT2D eigenvalue weighted by Crippen LogP contribution is -2.22. The first kappa shape index (κ1) is 19.9. The van der Waals surface area contributed by atoms with Crippen molar-refractivity contribution in [2.24, 2.45) is 0 Å². The lowest BCUT2D eigenvalue weighted by atomic mass is 10.3. The van der Waals surface area contributed by atoms with Gasteiger partial charge in [0.1, 0.15) is 12.2 Å². The first-order valence-corrected chi connectivity index (χ1v) is 13.0. The highest BCUT2D eigenvalue weighted by Crippen LogP contribution is 2.37. The summed E-state index contributed by atoms with van der Waals surface area (Å²) in [5.74, 6) is 0.601. The normalized spacial score (nSPS) is 11.9. The molecule has 0 radical (unpaired) electrons. The molecule has 0 fully saturated rings. The third kappa shape index (κ3) is 5.13. The number of nitrogens with two attached hydrogens (primary N) is 1. The highest BCUT2D eigenvalue weighted by atomic mass is 35.5. The molecule has 0 aliphatic heterocycles. The van der Waals surface area contributed by atoms with Crippen molar-refractivity contribution in [3.05, 3.63) is 40.6 Å². The van der Waals surface area contributed by atoms with Crippen LogP contribution >= 0.6 is 23.2 Å². The largest absolute Gasteiger partial charge is 0.434 e. The average Bonchev–Trinajstić information content (AvgIpc) is 2.96. The topological polar surface area (TPSA) is 75.2 Å². The van der Waals surface area contributed by atoms with Gasteiger partial charge in [0.05, 0.1) is 16.2 Å². The van der Waals surface area contributed by atoms with Crippen LogP contribution in [0.15, 0.2) is 30.6 Å². The van der Waals surface area contributed by atoms with E-state index in [2.05, 4.69) is 29.6 Å². The number of hydrogen-bond acceptors (Lipinski definition) is 5. The summed E-state index contributed by atoms with van der Waals surface area (Å²) in [6.07, 6.45) is 3.43. The Balaban J connectivity index is 1.72. The Morgan fingerprint density at radius 1 is 1.19 bits per heavy atom. The van der Waals surface area contributed by atoms with Gasteiger partial charge in [-0.05, 0) is 24.2 Å². The first-order valence-electron chi connectivity index (χ1n) is 8.55. The minimum atomic E-state index is -1.10. The van der Waals surface area contributed by atoms with Gasteiger partial charge >= 0.3 is 0 Å². The highest BCUT2D eigenvalue weighted by Gasteiger charge is 2.14. The number of anilines is 1. The smallest absolute Gasteiger partial charge is 0.238 e. The lowest BCUT2D eigenvalue weighted by molar-refractivity contribution is 0.0898. The zero-order valence-electron chi connectivity index (χ0n) is 15.5. The van der Waals surface area contributed by atoms with E-state index >= 15 is 0 Å². The van der Waals surface area contributed by atoms with Crippen molar-refractivity contribution in [2.45, 2.75) is 32.4 Å². The summed E-state index contributed by atoms with van der Waals surface area (Å²) in [5.41, 5.74) is 7.60. The number of rotatable bonds is 7. The van der Waals surface area contributed by atoms with Gasteiger partial charge in [-0.1, -0.05) is 42.8 Å². The number of halogens is 2. The maximum absolute atomic E-state index is 6.15. The van der Waals surface area contributed by atoms with Crippen molar-refractivity contribution in [3.63, 3.8) is 0 Å². The number of fused-ring (bicyclic) bond motifs is 1. The standard InChI is InChI=1S/C18H22Cl2N4O2Si/c1-27(2,3)7-6-25-11-24-5-4-15-18(24)22-10-16(23-15)26-17-13(19)8-12(21)9-14(17)20/h4-5,8-10H,6-7,11,21H2,1-3H3. The van der Waals surface area contributed by atoms with Crippen LogP contribution in [0.25, 0.3) is 11.2 Å². The number of aromatic nitrogens is 3. The van der Waals surface area contributed by atoms with E-state index in [0.29, 0.717) is 39.6 Å². The van der Waals surface area contributed by atoms with Crippen LogP contribution in [0.1, 0.15) is 0 Å². The number of nitrogen functional groups attached to an aromatic ring is 1. The fourth-order valence-electron chi connectivity index (χ4n) is 2.42. The Bertz CT molecular complexity index is 933. The predicted molar refractivity (Wildman–Crippen MR) is 113 cm³/mol. The van der Waals surface area contributed by atoms with E-state index in [0.717, 1.165) is 18.3 Å². The minimum absolute atomic E-state index is 0.300. The Labute approximate surface area is 169 Å². The monoisotopic (exact) mass is 424 g/mol. The second-order valence-electron chi connectivity index (χ2n) is 7.47. The van der Waals surface area contributed by atoms with Crippen molar-refractivity contribution in [1.82, 2.24) is 14.5 Å². The van der Waals surface area contributed by atoms with E-state index in [-0.39, 0.29) is 0 Å². The summed E-state index contributed by atoms with van der Waals surface area (Å²) < 4.78 is 13.4. The Morgan fingerprint density at radius 2 is 1.89 bits per heavy atom. The van der Waals surface area contributed by atoms with Crippen LogP contribution in [-0.2, 0) is 11.5 Å². The second-order valence-corrected chi connectivity index (χ2v) is 13.9. The minimum Gasteiger partial charge on any atom is -0.434 e. The number of benzene rings is 1. The predicted octanol–water partition coefficient (Wildman–Crippen LogP) is 5.42. The van der Waals surface area contributed by atoms with Crippen molar-refractivity contribution in [1.29, 1.82) is 0 Å². The van der Waals surface area contributed by atoms with Gasteiger partial charge in [0.25, 0.3) is 0 Å². The van der Waals surface area contributed by atoms with Crippen molar-refractivity contribution in [3.8, 4) is 11.6 Å². The van der Waals surface area contributed by atoms with Gasteiger partial charge in [0.15, 0.2) is 11.4 Å². The molecule has 0 aliphatic rings. The van der Waals surface area contributed by atoms with Gasteiger partial charge in [-0.3, -0.25) is 0 Å². The molecule has 2 aromatic heterocycles. The molecule has 0 atom stereocenters. The molecule has 0 bridgehead atoms. The number of ether oxygens (including phenoxy) is 2. The lowest BCUT2D eigenvalue weighted by Gasteiger charge is -2.15. The Kier molecular flexibility index (Phi) is 5.95. The van der Waals surface area contributed by atoms with Crippen LogP contribution in [0.4, 0.5) is 5.69 Å². The fourth-order valence-corrected chi connectivity index (χ4v) is 3.76. The third-order valence-electron chi connectivity index (χ3n) is 3.90. The van der Waals surface area contributed by atoms with E-state index in [1.807, 2.05) is 16.8 Å². The van der Waals surface area contributed by atoms with E-state index in [4.69, 9.17) is 38.4 Å². The molecule has 2 N–H and O–H groups in total. The molecule has 0 spiro atoms. The van der Waals surface area contributed by atoms with Crippen LogP contribution < -0.4 is 10.5 Å². The number of hydrogen-bond donors (Lipinski definition) is 1. The maximum Gasteiger partial charge on any atom is 0.238 e. The Hall–Kier alpha value is -1.80. The van der Waals surface area contributed by atoms with Gasteiger partial charge in [0.2, 0.25) is 5.88 Å². The quantitative estimate of drug-likeness (QED) is 0.311. The molecular weight excluding hydrogens is 403 g/mol. The first-order chi connectivity index (χ1) is 12.7. The Morgan fingerprint density at radius 3 is 2.56 bits per heavy atom. The summed E-state index contributed by atoms with van der Waals surface area (Å²) in [5, 5.41) is 0.630. The maximum atomic E-state index is 6.15. The van der Waals surface area contributed by atoms with Crippen LogP contribution in [0.5, 0.6) is 11.6 Å². The SMILES string of the molecule is C[Si](C)(C)CCOCn1ccc2nc(Oc3c(Cl)cc(N)cc3Cl)cnc21. The average molecular weight is 425 g/mol. The van der Waals surface area contributed by atoms with E-state index < -0.39 is 8.07 Å². The summed E-state index contributed by atoms with van der Waals surface area (Å²) in [7, 11) is -1.10. The van der Waals surface area contributed by atoms with Crippen molar-refractivity contribution in [2.75, 3.05) is 12.3 Å². The second kappa shape index (κ2) is 8.06. The fraction of sp³-hybridized carbons (Fsp3) is 0.333. The van der Waals surface area contributed by atoms with Gasteiger partial charge in [-0.2, -0.15) is 0 Å². The summed E-state index contributed by atoms with van der Waals surface area (Å²) in [6, 6.07) is 6.13. The number of nitrogens with zero attached hydrogens (tertiary/aromatic N) is 3. The van der Waals surface area contributed by atoms with Crippen molar-refractivity contribution < 1.29 is 9.47 Å². The van der Waals surface area contributed by atoms with Gasteiger partial charge in [-0.15, -0.1) is 0 Å². The van der Waals surface area contributed by atoms with Gasteiger partial charge in [-0.25, -0.2) is 9.97 Å². The van der Waals surface area contributed by atoms with E-state index in [1.165, 1.54) is 6.20 Å². The molecule has 0 amide bonds. The van der Waals surface area contributed by atoms with Gasteiger partial charge < -0.3 is 19.8 Å². The highest BCUT2D eigenvalue weighted by molar-refractivity contribution is 6.76. The van der Waals surface area contributed by atoms with Crippen LogP contribution in [0, 0.1) is 0 Å². The summed E-state index contributed by atoms with van der Waals surface area (Å²) in [6.45, 7) is 8.17. The molecule has 27 heavy (non-hydrogen) atoms. The zero-order valence-corrected chi connectivity index (χ0v) is 18.0.